The minimum absolute atomic E-state index is 0.209. The molecule has 0 aliphatic carbocycles. The van der Waals surface area contributed by atoms with E-state index in [1.807, 2.05) is 0 Å². The van der Waals surface area contributed by atoms with E-state index in [0.717, 1.165) is 0 Å². The van der Waals surface area contributed by atoms with Crippen LogP contribution in [0.5, 0.6) is 0 Å². The Hall–Kier alpha value is -3.22. The van der Waals surface area contributed by atoms with Crippen molar-refractivity contribution in [3.63, 3.8) is 0 Å². The van der Waals surface area contributed by atoms with Gasteiger partial charge in [-0.15, -0.1) is 0 Å². The van der Waals surface area contributed by atoms with Gasteiger partial charge in [-0.05, 0) is 19.3 Å². The molecule has 0 saturated heterocycles. The lowest BCUT2D eigenvalue weighted by Crippen LogP contribution is -2.58. The maximum absolute atomic E-state index is 12.5. The van der Waals surface area contributed by atoms with Crippen molar-refractivity contribution in [1.82, 2.24) is 16.0 Å². The number of primary amides is 2. The van der Waals surface area contributed by atoms with Crippen molar-refractivity contribution in [3.8, 4) is 0 Å². The molecule has 13 nitrogen and oxygen atoms in total. The average molecular weight is 430 g/mol. The summed E-state index contributed by atoms with van der Waals surface area (Å²) in [5, 5.41) is 16.2. The van der Waals surface area contributed by atoms with Crippen LogP contribution in [0.3, 0.4) is 0 Å². The summed E-state index contributed by atoms with van der Waals surface area (Å²) >= 11 is 0. The minimum Gasteiger partial charge on any atom is -0.480 e. The number of rotatable bonds is 13. The first-order valence-corrected chi connectivity index (χ1v) is 9.22. The number of amides is 5. The molecular weight excluding hydrogens is 400 g/mol. The molecule has 170 valence electrons. The molecule has 0 aromatic heterocycles. The molecule has 0 aromatic rings. The van der Waals surface area contributed by atoms with E-state index in [2.05, 4.69) is 16.0 Å². The molecule has 5 amide bonds. The predicted octanol–water partition coefficient (Wildman–Crippen LogP) is -3.33. The Morgan fingerprint density at radius 1 is 0.833 bits per heavy atom. The molecule has 0 saturated carbocycles. The molecule has 4 atom stereocenters. The van der Waals surface area contributed by atoms with Crippen molar-refractivity contribution in [3.05, 3.63) is 0 Å². The van der Waals surface area contributed by atoms with Crippen LogP contribution in [0.4, 0.5) is 0 Å². The number of carboxylic acid groups (broad SMARTS) is 1. The number of carbonyl (C=O) groups is 6. The van der Waals surface area contributed by atoms with Crippen LogP contribution in [0.1, 0.15) is 40.0 Å². The van der Waals surface area contributed by atoms with E-state index < -0.39 is 72.0 Å². The van der Waals surface area contributed by atoms with Crippen molar-refractivity contribution in [2.24, 2.45) is 23.1 Å². The normalized spacial score (nSPS) is 14.7. The van der Waals surface area contributed by atoms with E-state index in [9.17, 15) is 33.9 Å². The second-order valence-electron chi connectivity index (χ2n) is 7.14. The highest BCUT2D eigenvalue weighted by Gasteiger charge is 2.30. The molecule has 10 N–H and O–H groups in total. The van der Waals surface area contributed by atoms with Gasteiger partial charge < -0.3 is 38.3 Å². The quantitative estimate of drug-likeness (QED) is 0.155. The Bertz CT molecular complexity index is 682. The van der Waals surface area contributed by atoms with Gasteiger partial charge in [0.2, 0.25) is 29.5 Å². The van der Waals surface area contributed by atoms with Crippen molar-refractivity contribution in [2.45, 2.75) is 64.2 Å². The van der Waals surface area contributed by atoms with Gasteiger partial charge in [0.1, 0.15) is 18.1 Å². The maximum atomic E-state index is 12.5. The molecule has 0 aliphatic rings. The van der Waals surface area contributed by atoms with Crippen LogP contribution in [0, 0.1) is 5.92 Å². The summed E-state index contributed by atoms with van der Waals surface area (Å²) in [4.78, 5) is 69.7. The zero-order valence-electron chi connectivity index (χ0n) is 17.1. The highest BCUT2D eigenvalue weighted by atomic mass is 16.4. The lowest BCUT2D eigenvalue weighted by atomic mass is 10.0. The van der Waals surface area contributed by atoms with Gasteiger partial charge in [-0.1, -0.05) is 13.8 Å². The van der Waals surface area contributed by atoms with E-state index in [1.165, 1.54) is 6.92 Å². The van der Waals surface area contributed by atoms with Crippen LogP contribution in [-0.4, -0.2) is 64.8 Å². The number of carboxylic acids is 1. The molecular formula is C17H30N6O7. The maximum Gasteiger partial charge on any atom is 0.326 e. The van der Waals surface area contributed by atoms with Crippen molar-refractivity contribution in [1.29, 1.82) is 0 Å². The van der Waals surface area contributed by atoms with Crippen LogP contribution in [0.25, 0.3) is 0 Å². The van der Waals surface area contributed by atoms with Crippen LogP contribution in [0.15, 0.2) is 0 Å². The summed E-state index contributed by atoms with van der Waals surface area (Å²) in [6, 6.07) is -4.82. The van der Waals surface area contributed by atoms with Crippen LogP contribution < -0.4 is 33.2 Å². The van der Waals surface area contributed by atoms with Crippen LogP contribution in [-0.2, 0) is 28.8 Å². The first-order valence-electron chi connectivity index (χ1n) is 9.22. The number of hydrogen-bond donors (Lipinski definition) is 7. The fraction of sp³-hybridized carbons (Fsp3) is 0.647. The largest absolute Gasteiger partial charge is 0.480 e. The number of nitrogens with two attached hydrogens (primary N) is 3. The standard InChI is InChI=1S/C17H30N6O7/c1-7(2)13(16(28)22-10(17(29)30)4-5-11(19)24)23-14(26)8(3)21-15(27)9(18)6-12(20)25/h7-10,13H,4-6,18H2,1-3H3,(H2,19,24)(H2,20,25)(H,21,27)(H,22,28)(H,23,26)(H,29,30). The fourth-order valence-corrected chi connectivity index (χ4v) is 2.31. The zero-order valence-corrected chi connectivity index (χ0v) is 17.1. The third kappa shape index (κ3) is 9.82. The van der Waals surface area contributed by atoms with E-state index in [4.69, 9.17) is 17.2 Å². The van der Waals surface area contributed by atoms with Gasteiger partial charge in [0.15, 0.2) is 0 Å². The molecule has 0 bridgehead atoms. The molecule has 0 radical (unpaired) electrons. The molecule has 0 heterocycles. The van der Waals surface area contributed by atoms with Crippen molar-refractivity contribution in [2.75, 3.05) is 0 Å². The topological polar surface area (TPSA) is 237 Å². The molecule has 0 aliphatic heterocycles. The average Bonchev–Trinajstić information content (AvgIpc) is 2.61. The lowest BCUT2D eigenvalue weighted by Gasteiger charge is -2.25. The highest BCUT2D eigenvalue weighted by molar-refractivity contribution is 5.95. The second kappa shape index (κ2) is 12.4. The number of aliphatic carboxylic acids is 1. The summed E-state index contributed by atoms with van der Waals surface area (Å²) in [6.45, 7) is 4.58. The first-order chi connectivity index (χ1) is 13.8. The van der Waals surface area contributed by atoms with Gasteiger partial charge in [-0.2, -0.15) is 0 Å². The first kappa shape index (κ1) is 26.8. The molecule has 13 heteroatoms. The van der Waals surface area contributed by atoms with Gasteiger partial charge in [0, 0.05) is 6.42 Å². The lowest BCUT2D eigenvalue weighted by molar-refractivity contribution is -0.143. The molecule has 0 spiro atoms. The van der Waals surface area contributed by atoms with Gasteiger partial charge in [-0.25, -0.2) is 4.79 Å². The third-order valence-corrected chi connectivity index (χ3v) is 4.05. The monoisotopic (exact) mass is 430 g/mol. The van der Waals surface area contributed by atoms with E-state index in [-0.39, 0.29) is 12.8 Å². The van der Waals surface area contributed by atoms with Gasteiger partial charge in [-0.3, -0.25) is 24.0 Å². The Morgan fingerprint density at radius 2 is 1.40 bits per heavy atom. The van der Waals surface area contributed by atoms with Gasteiger partial charge in [0.25, 0.3) is 0 Å². The SMILES string of the molecule is CC(NC(=O)C(N)CC(N)=O)C(=O)NC(C(=O)NC(CCC(N)=O)C(=O)O)C(C)C. The Kier molecular flexibility index (Phi) is 11.0. The number of nitrogens with one attached hydrogen (secondary N) is 3. The minimum atomic E-state index is -1.37. The van der Waals surface area contributed by atoms with Crippen molar-refractivity contribution < 1.29 is 33.9 Å². The van der Waals surface area contributed by atoms with E-state index in [1.54, 1.807) is 13.8 Å². The third-order valence-electron chi connectivity index (χ3n) is 4.05. The molecule has 0 aromatic carbocycles. The second-order valence-corrected chi connectivity index (χ2v) is 7.14. The highest BCUT2D eigenvalue weighted by Crippen LogP contribution is 2.05. The summed E-state index contributed by atoms with van der Waals surface area (Å²) in [5.74, 6) is -5.58. The van der Waals surface area contributed by atoms with Crippen LogP contribution >= 0.6 is 0 Å². The molecule has 0 fully saturated rings. The zero-order chi connectivity index (χ0) is 23.6. The summed E-state index contributed by atoms with van der Waals surface area (Å²) in [7, 11) is 0. The van der Waals surface area contributed by atoms with Crippen molar-refractivity contribution >= 4 is 35.5 Å². The smallest absolute Gasteiger partial charge is 0.326 e. The predicted molar refractivity (Wildman–Crippen MR) is 104 cm³/mol. The van der Waals surface area contributed by atoms with Gasteiger partial charge in [0.05, 0.1) is 12.5 Å². The number of carbonyl (C=O) groups excluding carboxylic acids is 5. The summed E-state index contributed by atoms with van der Waals surface area (Å²) in [6.07, 6.45) is -0.858. The van der Waals surface area contributed by atoms with Gasteiger partial charge >= 0.3 is 5.97 Å². The molecule has 30 heavy (non-hydrogen) atoms. The fourth-order valence-electron chi connectivity index (χ4n) is 2.31. The Balaban J connectivity index is 5.03. The van der Waals surface area contributed by atoms with Crippen LogP contribution in [0.2, 0.25) is 0 Å². The van der Waals surface area contributed by atoms with E-state index >= 15 is 0 Å². The Labute approximate surface area is 173 Å². The summed E-state index contributed by atoms with van der Waals surface area (Å²) < 4.78 is 0. The Morgan fingerprint density at radius 3 is 1.83 bits per heavy atom. The molecule has 4 unspecified atom stereocenters. The number of hydrogen-bond acceptors (Lipinski definition) is 7. The molecule has 0 rings (SSSR count). The van der Waals surface area contributed by atoms with E-state index in [0.29, 0.717) is 0 Å². The summed E-state index contributed by atoms with van der Waals surface area (Å²) in [5.41, 5.74) is 15.5.